The minimum Gasteiger partial charge on any atom is -0.870 e. The van der Waals surface area contributed by atoms with Crippen molar-refractivity contribution in [2.45, 2.75) is 50.3 Å². The van der Waals surface area contributed by atoms with Crippen molar-refractivity contribution in [3.8, 4) is 17.2 Å². The van der Waals surface area contributed by atoms with E-state index in [4.69, 9.17) is 4.74 Å². The average Bonchev–Trinajstić information content (AvgIpc) is 2.57. The normalized spacial score (nSPS) is 11.0. The first-order valence-electron chi connectivity index (χ1n) is 8.46. The molecule has 26 heavy (non-hydrogen) atoms. The number of hydrogen-bond acceptors (Lipinski definition) is 4. The fourth-order valence-electron chi connectivity index (χ4n) is 2.64. The summed E-state index contributed by atoms with van der Waals surface area (Å²) in [6, 6.07) is 10.6. The third-order valence-corrected chi connectivity index (χ3v) is 4.83. The van der Waals surface area contributed by atoms with Gasteiger partial charge in [0.2, 0.25) is 0 Å². The van der Waals surface area contributed by atoms with E-state index in [0.29, 0.717) is 12.0 Å². The molecular weight excluding hydrogens is 379 g/mol. The Balaban J connectivity index is 0.00000338. The second-order valence-corrected chi connectivity index (χ2v) is 7.32. The summed E-state index contributed by atoms with van der Waals surface area (Å²) in [6.45, 7) is 2.14. The number of benzene rings is 2. The van der Waals surface area contributed by atoms with E-state index in [1.54, 1.807) is 24.3 Å². The van der Waals surface area contributed by atoms with Gasteiger partial charge in [0.25, 0.3) is 10.1 Å². The van der Waals surface area contributed by atoms with Crippen molar-refractivity contribution in [2.75, 3.05) is 0 Å². The van der Waals surface area contributed by atoms with Crippen LogP contribution in [0.2, 0.25) is 0 Å². The largest absolute Gasteiger partial charge is 1.00 e. The summed E-state index contributed by atoms with van der Waals surface area (Å²) in [6.07, 6.45) is 5.95. The summed E-state index contributed by atoms with van der Waals surface area (Å²) in [5.74, 6) is -0.281. The fraction of sp³-hybridized carbons (Fsp3) is 0.368. The van der Waals surface area contributed by atoms with Crippen LogP contribution in [0.5, 0.6) is 17.2 Å². The summed E-state index contributed by atoms with van der Waals surface area (Å²) in [5.41, 5.74) is 0.662. The molecule has 5 nitrogen and oxygen atoms in total. The van der Waals surface area contributed by atoms with E-state index in [1.165, 1.54) is 18.2 Å². The number of unbranched alkanes of at least 4 members (excludes halogenated alkanes) is 4. The van der Waals surface area contributed by atoms with Crippen molar-refractivity contribution in [3.63, 3.8) is 0 Å². The predicted molar refractivity (Wildman–Crippen MR) is 94.7 cm³/mol. The van der Waals surface area contributed by atoms with Crippen LogP contribution in [0.4, 0.5) is 0 Å². The van der Waals surface area contributed by atoms with E-state index in [1.807, 2.05) is 0 Å². The van der Waals surface area contributed by atoms with Crippen LogP contribution in [0.25, 0.3) is 0 Å². The third-order valence-electron chi connectivity index (χ3n) is 3.95. The third kappa shape index (κ3) is 6.96. The molecule has 136 valence electrons. The Morgan fingerprint density at radius 1 is 1.00 bits per heavy atom. The van der Waals surface area contributed by atoms with Crippen LogP contribution in [0.15, 0.2) is 47.4 Å². The maximum atomic E-state index is 11.9. The molecule has 0 aliphatic carbocycles. The van der Waals surface area contributed by atoms with E-state index in [9.17, 15) is 18.1 Å². The Morgan fingerprint density at radius 2 is 1.69 bits per heavy atom. The molecule has 0 bridgehead atoms. The molecule has 0 saturated carbocycles. The zero-order valence-electron chi connectivity index (χ0n) is 15.3. The second kappa shape index (κ2) is 11.4. The molecule has 2 rings (SSSR count). The zero-order chi connectivity index (χ0) is 18.3. The van der Waals surface area contributed by atoms with Crippen molar-refractivity contribution < 1.29 is 74.2 Å². The van der Waals surface area contributed by atoms with Crippen LogP contribution in [-0.2, 0) is 16.5 Å². The first-order chi connectivity index (χ1) is 11.9. The van der Waals surface area contributed by atoms with Crippen LogP contribution in [0.1, 0.15) is 44.6 Å². The summed E-state index contributed by atoms with van der Waals surface area (Å²) < 4.78 is 38.5. The average molecular weight is 403 g/mol. The molecule has 0 heterocycles. The van der Waals surface area contributed by atoms with Crippen LogP contribution < -0.4 is 61.2 Å². The molecule has 0 radical (unpaired) electrons. The van der Waals surface area contributed by atoms with Crippen molar-refractivity contribution in [1.82, 2.24) is 0 Å². The maximum absolute atomic E-state index is 11.9. The monoisotopic (exact) mass is 402 g/mol. The molecule has 1 N–H and O–H groups in total. The molecule has 0 fully saturated rings. The van der Waals surface area contributed by atoms with Gasteiger partial charge in [0.1, 0.15) is 10.6 Å². The summed E-state index contributed by atoms with van der Waals surface area (Å²) >= 11 is 0. The quantitative estimate of drug-likeness (QED) is 0.388. The Bertz CT molecular complexity index is 805. The number of aryl methyl sites for hydroxylation is 1. The van der Waals surface area contributed by atoms with Gasteiger partial charge in [-0.15, -0.1) is 0 Å². The van der Waals surface area contributed by atoms with E-state index in [2.05, 4.69) is 6.92 Å². The van der Waals surface area contributed by atoms with Gasteiger partial charge < -0.3 is 9.84 Å². The van der Waals surface area contributed by atoms with Crippen LogP contribution in [-0.4, -0.2) is 13.0 Å². The van der Waals surface area contributed by atoms with E-state index >= 15 is 0 Å². The van der Waals surface area contributed by atoms with Gasteiger partial charge in [-0.2, -0.15) is 8.42 Å². The molecule has 0 aromatic heterocycles. The Labute approximate surface area is 198 Å². The van der Waals surface area contributed by atoms with Gasteiger partial charge in [0, 0.05) is 0 Å². The molecule has 0 aliphatic rings. The molecule has 0 unspecified atom stereocenters. The first kappa shape index (κ1) is 23.6. The zero-order valence-corrected chi connectivity index (χ0v) is 19.2. The molecule has 0 saturated heterocycles. The van der Waals surface area contributed by atoms with Gasteiger partial charge in [-0.05, 0) is 30.5 Å². The molecule has 0 aliphatic heterocycles. The Kier molecular flexibility index (Phi) is 10.4. The topological polar surface area (TPSA) is 86.7 Å². The summed E-state index contributed by atoms with van der Waals surface area (Å²) in [4.78, 5) is -0.318. The standard InChI is InChI=1S/C19H24O5S.K/c1-2-3-4-5-6-10-15-11-9-14-18(25(21,22)23)19(15)24-17-13-8-7-12-16(17)20;/h7-9,11-14,20H,2-6,10H2,1H3,(H,21,22,23);/q;+1/p-1. The molecule has 0 atom stereocenters. The van der Waals surface area contributed by atoms with Gasteiger partial charge in [-0.25, -0.2) is 0 Å². The molecule has 0 amide bonds. The maximum Gasteiger partial charge on any atom is 1.00 e. The molecule has 7 heteroatoms. The smallest absolute Gasteiger partial charge is 0.870 e. The predicted octanol–water partition coefficient (Wildman–Crippen LogP) is 1.32. The first-order valence-corrected chi connectivity index (χ1v) is 9.90. The molecule has 0 spiro atoms. The molecule has 2 aromatic rings. The van der Waals surface area contributed by atoms with Gasteiger partial charge in [-0.1, -0.05) is 68.7 Å². The Hall–Kier alpha value is -0.414. The van der Waals surface area contributed by atoms with Gasteiger partial charge in [0.05, 0.1) is 0 Å². The van der Waals surface area contributed by atoms with Gasteiger partial charge >= 0.3 is 51.4 Å². The van der Waals surface area contributed by atoms with Crippen molar-refractivity contribution in [3.05, 3.63) is 48.0 Å². The molecular formula is C19H23KO5S. The molecule has 2 aromatic carbocycles. The SMILES string of the molecule is CCCCCCCc1cccc(S(=O)(=O)O)c1Oc1ccccc1[O-].[K+]. The number of ether oxygens (including phenoxy) is 1. The van der Waals surface area contributed by atoms with Crippen molar-refractivity contribution in [1.29, 1.82) is 0 Å². The number of hydrogen-bond donors (Lipinski definition) is 1. The Morgan fingerprint density at radius 3 is 2.35 bits per heavy atom. The van der Waals surface area contributed by atoms with Gasteiger partial charge in [-0.3, -0.25) is 4.55 Å². The number of rotatable bonds is 9. The van der Waals surface area contributed by atoms with E-state index in [0.717, 1.165) is 32.1 Å². The van der Waals surface area contributed by atoms with Crippen molar-refractivity contribution >= 4 is 10.1 Å². The minimum absolute atomic E-state index is 0. The summed E-state index contributed by atoms with van der Waals surface area (Å²) in [7, 11) is -4.46. The van der Waals surface area contributed by atoms with Gasteiger partial charge in [0.15, 0.2) is 5.75 Å². The summed E-state index contributed by atoms with van der Waals surface area (Å²) in [5, 5.41) is 11.9. The van der Waals surface area contributed by atoms with Crippen LogP contribution >= 0.6 is 0 Å². The van der Waals surface area contributed by atoms with E-state index in [-0.39, 0.29) is 73.5 Å². The van der Waals surface area contributed by atoms with Crippen LogP contribution in [0, 0.1) is 0 Å². The minimum atomic E-state index is -4.46. The second-order valence-electron chi connectivity index (χ2n) is 5.93. The van der Waals surface area contributed by atoms with E-state index < -0.39 is 10.1 Å². The van der Waals surface area contributed by atoms with Crippen LogP contribution in [0.3, 0.4) is 0 Å². The van der Waals surface area contributed by atoms with Crippen molar-refractivity contribution in [2.24, 2.45) is 0 Å². The fourth-order valence-corrected chi connectivity index (χ4v) is 3.30. The number of para-hydroxylation sites is 3.